The van der Waals surface area contributed by atoms with Gasteiger partial charge in [0.25, 0.3) is 0 Å². The molecular formula is C18H26N2O4. The molecule has 132 valence electrons. The van der Waals surface area contributed by atoms with Crippen LogP contribution < -0.4 is 4.74 Å². The van der Waals surface area contributed by atoms with Gasteiger partial charge in [-0.2, -0.15) is 0 Å². The minimum absolute atomic E-state index is 0.169. The van der Waals surface area contributed by atoms with Crippen molar-refractivity contribution in [3.63, 3.8) is 0 Å². The van der Waals surface area contributed by atoms with E-state index in [0.717, 1.165) is 57.4 Å². The summed E-state index contributed by atoms with van der Waals surface area (Å²) in [7, 11) is 1.63. The van der Waals surface area contributed by atoms with Gasteiger partial charge in [-0.1, -0.05) is 6.07 Å². The summed E-state index contributed by atoms with van der Waals surface area (Å²) in [5, 5.41) is 9.06. The third kappa shape index (κ3) is 4.45. The molecule has 0 saturated carbocycles. The van der Waals surface area contributed by atoms with E-state index in [1.807, 2.05) is 18.2 Å². The molecular weight excluding hydrogens is 308 g/mol. The van der Waals surface area contributed by atoms with Crippen LogP contribution >= 0.6 is 0 Å². The van der Waals surface area contributed by atoms with Crippen LogP contribution in [0.4, 0.5) is 0 Å². The molecule has 1 aromatic heterocycles. The predicted molar refractivity (Wildman–Crippen MR) is 89.2 cm³/mol. The molecule has 2 aliphatic rings. The van der Waals surface area contributed by atoms with E-state index >= 15 is 0 Å². The first-order valence-corrected chi connectivity index (χ1v) is 8.74. The number of pyridine rings is 1. The molecule has 3 heterocycles. The number of carboxylic acid groups (broad SMARTS) is 1. The summed E-state index contributed by atoms with van der Waals surface area (Å²) in [6, 6.07) is 5.82. The fourth-order valence-electron chi connectivity index (χ4n) is 3.63. The highest BCUT2D eigenvalue weighted by Crippen LogP contribution is 2.25. The fraction of sp³-hybridized carbons (Fsp3) is 0.667. The lowest BCUT2D eigenvalue weighted by Crippen LogP contribution is -2.40. The first kappa shape index (κ1) is 17.2. The molecule has 24 heavy (non-hydrogen) atoms. The number of carboxylic acids is 1. The lowest BCUT2D eigenvalue weighted by atomic mass is 9.97. The van der Waals surface area contributed by atoms with Crippen LogP contribution in [0, 0.1) is 5.92 Å². The van der Waals surface area contributed by atoms with Gasteiger partial charge in [-0.15, -0.1) is 0 Å². The number of hydrogen-bond donors (Lipinski definition) is 1. The summed E-state index contributed by atoms with van der Waals surface area (Å²) in [6.45, 7) is 2.63. The molecule has 2 atom stereocenters. The molecule has 0 aliphatic carbocycles. The predicted octanol–water partition coefficient (Wildman–Crippen LogP) is 1.98. The van der Waals surface area contributed by atoms with Gasteiger partial charge in [0.1, 0.15) is 0 Å². The molecule has 3 rings (SSSR count). The monoisotopic (exact) mass is 334 g/mol. The number of methoxy groups -OCH3 is 1. The van der Waals surface area contributed by atoms with Gasteiger partial charge in [0.15, 0.2) is 0 Å². The maximum Gasteiger partial charge on any atom is 0.306 e. The van der Waals surface area contributed by atoms with Crippen molar-refractivity contribution in [2.75, 3.05) is 26.7 Å². The number of nitrogens with zero attached hydrogens (tertiary/aromatic N) is 2. The maximum absolute atomic E-state index is 11.0. The second-order valence-electron chi connectivity index (χ2n) is 6.75. The molecule has 1 aromatic rings. The standard InChI is InChI=1S/C18H26N2O4/c1-23-17-4-2-3-14(19-17)11-15-5-6-16(24-15)12-20-9-7-13(8-10-20)18(21)22/h2-4,13,15-16H,5-12H2,1H3,(H,21,22)/t15-,16+/m0/s1. The Labute approximate surface area is 142 Å². The van der Waals surface area contributed by atoms with E-state index in [1.54, 1.807) is 7.11 Å². The number of ether oxygens (including phenoxy) is 2. The van der Waals surface area contributed by atoms with Crippen molar-refractivity contribution in [3.8, 4) is 5.88 Å². The lowest BCUT2D eigenvalue weighted by molar-refractivity contribution is -0.143. The molecule has 2 aliphatic heterocycles. The van der Waals surface area contributed by atoms with Crippen LogP contribution in [0.1, 0.15) is 31.4 Å². The van der Waals surface area contributed by atoms with E-state index in [0.29, 0.717) is 5.88 Å². The van der Waals surface area contributed by atoms with Gasteiger partial charge in [0, 0.05) is 24.7 Å². The average molecular weight is 334 g/mol. The maximum atomic E-state index is 11.0. The van der Waals surface area contributed by atoms with Crippen LogP contribution in [0.15, 0.2) is 18.2 Å². The van der Waals surface area contributed by atoms with Gasteiger partial charge in [-0.3, -0.25) is 4.79 Å². The van der Waals surface area contributed by atoms with Crippen LogP contribution in [0.5, 0.6) is 5.88 Å². The zero-order valence-corrected chi connectivity index (χ0v) is 14.2. The molecule has 0 amide bonds. The van der Waals surface area contributed by atoms with Crippen LogP contribution in [-0.4, -0.2) is 59.9 Å². The Kier molecular flexibility index (Phi) is 5.68. The third-order valence-corrected chi connectivity index (χ3v) is 5.02. The Morgan fingerprint density at radius 1 is 1.29 bits per heavy atom. The quantitative estimate of drug-likeness (QED) is 0.858. The number of likely N-dealkylation sites (tertiary alicyclic amines) is 1. The summed E-state index contributed by atoms with van der Waals surface area (Å²) in [4.78, 5) is 17.8. The average Bonchev–Trinajstić information content (AvgIpc) is 3.02. The van der Waals surface area contributed by atoms with E-state index in [1.165, 1.54) is 0 Å². The SMILES string of the molecule is COc1cccc(C[C@@H]2CC[C@H](CN3CCC(C(=O)O)CC3)O2)n1. The van der Waals surface area contributed by atoms with Gasteiger partial charge in [-0.25, -0.2) is 4.98 Å². The summed E-state index contributed by atoms with van der Waals surface area (Å²) in [5.74, 6) is -0.182. The highest BCUT2D eigenvalue weighted by Gasteiger charge is 2.30. The van der Waals surface area contributed by atoms with Gasteiger partial charge in [-0.05, 0) is 44.8 Å². The molecule has 0 radical (unpaired) electrons. The summed E-state index contributed by atoms with van der Waals surface area (Å²) in [6.07, 6.45) is 4.89. The zero-order chi connectivity index (χ0) is 16.9. The van der Waals surface area contributed by atoms with E-state index in [-0.39, 0.29) is 18.1 Å². The van der Waals surface area contributed by atoms with Crippen molar-refractivity contribution in [1.29, 1.82) is 0 Å². The van der Waals surface area contributed by atoms with Crippen molar-refractivity contribution in [2.45, 2.75) is 44.3 Å². The largest absolute Gasteiger partial charge is 0.481 e. The van der Waals surface area contributed by atoms with Crippen LogP contribution in [0.2, 0.25) is 0 Å². The van der Waals surface area contributed by atoms with E-state index in [2.05, 4.69) is 9.88 Å². The summed E-state index contributed by atoms with van der Waals surface area (Å²) >= 11 is 0. The molecule has 1 N–H and O–H groups in total. The minimum atomic E-state index is -0.655. The van der Waals surface area contributed by atoms with Crippen LogP contribution in [0.25, 0.3) is 0 Å². The molecule has 6 heteroatoms. The Bertz CT molecular complexity index is 558. The first-order valence-electron chi connectivity index (χ1n) is 8.74. The van der Waals surface area contributed by atoms with Gasteiger partial charge < -0.3 is 19.5 Å². The topological polar surface area (TPSA) is 71.9 Å². The van der Waals surface area contributed by atoms with Crippen LogP contribution in [0.3, 0.4) is 0 Å². The second kappa shape index (κ2) is 7.94. The van der Waals surface area contributed by atoms with Crippen molar-refractivity contribution in [3.05, 3.63) is 23.9 Å². The number of carbonyl (C=O) groups is 1. The normalized spacial score (nSPS) is 25.7. The van der Waals surface area contributed by atoms with Crippen molar-refractivity contribution < 1.29 is 19.4 Å². The van der Waals surface area contributed by atoms with Crippen molar-refractivity contribution in [1.82, 2.24) is 9.88 Å². The molecule has 0 aromatic carbocycles. The van der Waals surface area contributed by atoms with Gasteiger partial charge in [0.05, 0.1) is 25.2 Å². The van der Waals surface area contributed by atoms with Gasteiger partial charge >= 0.3 is 5.97 Å². The highest BCUT2D eigenvalue weighted by molar-refractivity contribution is 5.70. The minimum Gasteiger partial charge on any atom is -0.481 e. The van der Waals surface area contributed by atoms with E-state index in [9.17, 15) is 4.79 Å². The molecule has 2 saturated heterocycles. The van der Waals surface area contributed by atoms with Crippen LogP contribution in [-0.2, 0) is 16.0 Å². The number of hydrogen-bond acceptors (Lipinski definition) is 5. The van der Waals surface area contributed by atoms with Gasteiger partial charge in [0.2, 0.25) is 5.88 Å². The summed E-state index contributed by atoms with van der Waals surface area (Å²) in [5.41, 5.74) is 1.00. The summed E-state index contributed by atoms with van der Waals surface area (Å²) < 4.78 is 11.3. The van der Waals surface area contributed by atoms with Crippen molar-refractivity contribution in [2.24, 2.45) is 5.92 Å². The highest BCUT2D eigenvalue weighted by atomic mass is 16.5. The number of aliphatic carboxylic acids is 1. The number of rotatable bonds is 6. The number of aromatic nitrogens is 1. The van der Waals surface area contributed by atoms with Crippen molar-refractivity contribution >= 4 is 5.97 Å². The lowest BCUT2D eigenvalue weighted by Gasteiger charge is -2.31. The van der Waals surface area contributed by atoms with E-state index < -0.39 is 5.97 Å². The zero-order valence-electron chi connectivity index (χ0n) is 14.2. The fourth-order valence-corrected chi connectivity index (χ4v) is 3.63. The van der Waals surface area contributed by atoms with E-state index in [4.69, 9.17) is 14.6 Å². The second-order valence-corrected chi connectivity index (χ2v) is 6.75. The molecule has 0 bridgehead atoms. The first-order chi connectivity index (χ1) is 11.6. The molecule has 0 spiro atoms. The number of piperidine rings is 1. The Balaban J connectivity index is 1.43. The smallest absolute Gasteiger partial charge is 0.306 e. The Hall–Kier alpha value is -1.66. The Morgan fingerprint density at radius 3 is 2.75 bits per heavy atom. The molecule has 2 fully saturated rings. The third-order valence-electron chi connectivity index (χ3n) is 5.02. The molecule has 0 unspecified atom stereocenters. The Morgan fingerprint density at radius 2 is 2.04 bits per heavy atom. The molecule has 6 nitrogen and oxygen atoms in total.